The number of rotatable bonds is 3. The third-order valence-electron chi connectivity index (χ3n) is 2.69. The number of hydrogen-bond acceptors (Lipinski definition) is 4. The largest absolute Gasteiger partial charge is 0.464 e. The van der Waals surface area contributed by atoms with E-state index in [2.05, 4.69) is 9.97 Å². The number of imidazole rings is 2. The number of aromatic nitrogens is 4. The van der Waals surface area contributed by atoms with Crippen LogP contribution in [-0.4, -0.2) is 32.2 Å². The standard InChI is InChI=1S/C11H14N4O2/c1-8-13-5-10(11(16)17-3)15(8)6-9-4-12-7-14(9)2/h4-5,7H,6H2,1-3H3. The molecule has 0 aliphatic carbocycles. The van der Waals surface area contributed by atoms with Crippen molar-refractivity contribution in [1.82, 2.24) is 19.1 Å². The Bertz CT molecular complexity index is 541. The summed E-state index contributed by atoms with van der Waals surface area (Å²) in [4.78, 5) is 19.7. The molecule has 0 unspecified atom stereocenters. The summed E-state index contributed by atoms with van der Waals surface area (Å²) in [5.41, 5.74) is 1.45. The van der Waals surface area contributed by atoms with Crippen LogP contribution in [0.4, 0.5) is 0 Å². The highest BCUT2D eigenvalue weighted by Crippen LogP contribution is 2.10. The highest BCUT2D eigenvalue weighted by molar-refractivity contribution is 5.87. The van der Waals surface area contributed by atoms with Gasteiger partial charge >= 0.3 is 5.97 Å². The quantitative estimate of drug-likeness (QED) is 0.735. The molecule has 0 bridgehead atoms. The molecule has 0 N–H and O–H groups in total. The lowest BCUT2D eigenvalue weighted by Gasteiger charge is -2.09. The summed E-state index contributed by atoms with van der Waals surface area (Å²) in [6.07, 6.45) is 5.01. The first-order valence-electron chi connectivity index (χ1n) is 5.19. The normalized spacial score (nSPS) is 10.5. The van der Waals surface area contributed by atoms with Crippen LogP contribution in [0.25, 0.3) is 0 Å². The first-order valence-corrected chi connectivity index (χ1v) is 5.19. The zero-order valence-electron chi connectivity index (χ0n) is 10.0. The number of aryl methyl sites for hydroxylation is 2. The van der Waals surface area contributed by atoms with E-state index in [1.54, 1.807) is 12.5 Å². The van der Waals surface area contributed by atoms with Crippen LogP contribution in [0.5, 0.6) is 0 Å². The fourth-order valence-corrected chi connectivity index (χ4v) is 1.63. The number of hydrogen-bond donors (Lipinski definition) is 0. The van der Waals surface area contributed by atoms with Crippen molar-refractivity contribution < 1.29 is 9.53 Å². The maximum atomic E-state index is 11.6. The van der Waals surface area contributed by atoms with Crippen LogP contribution in [0.2, 0.25) is 0 Å². The molecule has 2 rings (SSSR count). The SMILES string of the molecule is COC(=O)c1cnc(C)n1Cc1cncn1C. The number of esters is 1. The fraction of sp³-hybridized carbons (Fsp3) is 0.364. The van der Waals surface area contributed by atoms with Gasteiger partial charge in [-0.2, -0.15) is 0 Å². The second-order valence-electron chi connectivity index (χ2n) is 3.76. The lowest BCUT2D eigenvalue weighted by molar-refractivity contribution is 0.0588. The molecule has 0 saturated heterocycles. The molecule has 0 fully saturated rings. The second-order valence-corrected chi connectivity index (χ2v) is 3.76. The summed E-state index contributed by atoms with van der Waals surface area (Å²) in [5, 5.41) is 0. The first kappa shape index (κ1) is 11.4. The van der Waals surface area contributed by atoms with E-state index in [1.165, 1.54) is 13.3 Å². The fourth-order valence-electron chi connectivity index (χ4n) is 1.63. The number of methoxy groups -OCH3 is 1. The van der Waals surface area contributed by atoms with E-state index in [0.29, 0.717) is 12.2 Å². The van der Waals surface area contributed by atoms with Crippen LogP contribution in [0.15, 0.2) is 18.7 Å². The van der Waals surface area contributed by atoms with E-state index in [1.807, 2.05) is 23.1 Å². The Morgan fingerprint density at radius 1 is 1.47 bits per heavy atom. The highest BCUT2D eigenvalue weighted by atomic mass is 16.5. The van der Waals surface area contributed by atoms with Crippen LogP contribution < -0.4 is 0 Å². The van der Waals surface area contributed by atoms with E-state index >= 15 is 0 Å². The van der Waals surface area contributed by atoms with Crippen molar-refractivity contribution in [2.24, 2.45) is 7.05 Å². The van der Waals surface area contributed by atoms with Gasteiger partial charge in [0, 0.05) is 13.2 Å². The third-order valence-corrected chi connectivity index (χ3v) is 2.69. The molecule has 2 aromatic rings. The molecule has 0 aliphatic rings. The highest BCUT2D eigenvalue weighted by Gasteiger charge is 2.15. The molecule has 0 aromatic carbocycles. The van der Waals surface area contributed by atoms with Crippen molar-refractivity contribution in [3.8, 4) is 0 Å². The Kier molecular flexibility index (Phi) is 2.95. The summed E-state index contributed by atoms with van der Waals surface area (Å²) in [6.45, 7) is 2.40. The van der Waals surface area contributed by atoms with Crippen molar-refractivity contribution in [3.05, 3.63) is 35.9 Å². The molecule has 17 heavy (non-hydrogen) atoms. The minimum Gasteiger partial charge on any atom is -0.464 e. The second kappa shape index (κ2) is 4.40. The van der Waals surface area contributed by atoms with Crippen LogP contribution >= 0.6 is 0 Å². The Morgan fingerprint density at radius 2 is 2.24 bits per heavy atom. The Labute approximate surface area is 98.9 Å². The zero-order chi connectivity index (χ0) is 12.4. The molecule has 0 spiro atoms. The van der Waals surface area contributed by atoms with E-state index < -0.39 is 0 Å². The third kappa shape index (κ3) is 2.06. The predicted molar refractivity (Wildman–Crippen MR) is 60.6 cm³/mol. The van der Waals surface area contributed by atoms with Crippen molar-refractivity contribution in [2.45, 2.75) is 13.5 Å². The van der Waals surface area contributed by atoms with E-state index in [4.69, 9.17) is 4.74 Å². The van der Waals surface area contributed by atoms with Crippen molar-refractivity contribution in [2.75, 3.05) is 7.11 Å². The van der Waals surface area contributed by atoms with Gasteiger partial charge in [0.2, 0.25) is 0 Å². The van der Waals surface area contributed by atoms with Gasteiger partial charge in [0.1, 0.15) is 11.5 Å². The van der Waals surface area contributed by atoms with E-state index in [9.17, 15) is 4.79 Å². The van der Waals surface area contributed by atoms with Crippen molar-refractivity contribution in [3.63, 3.8) is 0 Å². The Hall–Kier alpha value is -2.11. The molecule has 0 saturated carbocycles. The van der Waals surface area contributed by atoms with Gasteiger partial charge in [0.05, 0.1) is 31.9 Å². The first-order chi connectivity index (χ1) is 8.13. The Balaban J connectivity index is 2.35. The van der Waals surface area contributed by atoms with Gasteiger partial charge in [0.15, 0.2) is 0 Å². The molecule has 2 heterocycles. The molecule has 90 valence electrons. The molecule has 0 radical (unpaired) electrons. The van der Waals surface area contributed by atoms with Crippen molar-refractivity contribution >= 4 is 5.97 Å². The molecule has 6 nitrogen and oxygen atoms in total. The molecule has 0 aliphatic heterocycles. The molecule has 0 atom stereocenters. The zero-order valence-corrected chi connectivity index (χ0v) is 10.0. The lowest BCUT2D eigenvalue weighted by atomic mass is 10.4. The summed E-state index contributed by atoms with van der Waals surface area (Å²) >= 11 is 0. The molecular weight excluding hydrogens is 220 g/mol. The monoisotopic (exact) mass is 234 g/mol. The van der Waals surface area contributed by atoms with Gasteiger partial charge in [-0.1, -0.05) is 0 Å². The minimum atomic E-state index is -0.382. The van der Waals surface area contributed by atoms with Crippen LogP contribution in [-0.2, 0) is 18.3 Å². The number of carbonyl (C=O) groups is 1. The average Bonchev–Trinajstić information content (AvgIpc) is 2.87. The lowest BCUT2D eigenvalue weighted by Crippen LogP contribution is -2.14. The Morgan fingerprint density at radius 3 is 2.82 bits per heavy atom. The molecule has 0 amide bonds. The summed E-state index contributed by atoms with van der Waals surface area (Å²) in [5.74, 6) is 0.388. The molecule has 2 aromatic heterocycles. The van der Waals surface area contributed by atoms with Crippen LogP contribution in [0.1, 0.15) is 22.0 Å². The maximum Gasteiger partial charge on any atom is 0.356 e. The summed E-state index contributed by atoms with van der Waals surface area (Å²) < 4.78 is 8.43. The predicted octanol–water partition coefficient (Wildman–Crippen LogP) is 0.760. The van der Waals surface area contributed by atoms with Crippen LogP contribution in [0.3, 0.4) is 0 Å². The maximum absolute atomic E-state index is 11.6. The topological polar surface area (TPSA) is 61.9 Å². The average molecular weight is 234 g/mol. The number of ether oxygens (including phenoxy) is 1. The summed E-state index contributed by atoms with van der Waals surface area (Å²) in [6, 6.07) is 0. The molecular formula is C11H14N4O2. The van der Waals surface area contributed by atoms with Crippen molar-refractivity contribution in [1.29, 1.82) is 0 Å². The van der Waals surface area contributed by atoms with Crippen LogP contribution in [0, 0.1) is 6.92 Å². The van der Waals surface area contributed by atoms with Gasteiger partial charge in [-0.05, 0) is 6.92 Å². The van der Waals surface area contributed by atoms with Gasteiger partial charge in [0.25, 0.3) is 0 Å². The smallest absolute Gasteiger partial charge is 0.356 e. The number of nitrogens with zero attached hydrogens (tertiary/aromatic N) is 4. The van der Waals surface area contributed by atoms with Gasteiger partial charge < -0.3 is 13.9 Å². The van der Waals surface area contributed by atoms with E-state index in [0.717, 1.165) is 11.5 Å². The molecule has 6 heteroatoms. The van der Waals surface area contributed by atoms with Gasteiger partial charge in [-0.25, -0.2) is 14.8 Å². The minimum absolute atomic E-state index is 0.382. The van der Waals surface area contributed by atoms with Gasteiger partial charge in [-0.15, -0.1) is 0 Å². The van der Waals surface area contributed by atoms with Gasteiger partial charge in [-0.3, -0.25) is 0 Å². The number of carbonyl (C=O) groups excluding carboxylic acids is 1. The van der Waals surface area contributed by atoms with E-state index in [-0.39, 0.29) is 5.97 Å². The summed E-state index contributed by atoms with van der Waals surface area (Å²) in [7, 11) is 3.27.